The van der Waals surface area contributed by atoms with Gasteiger partial charge in [-0.25, -0.2) is 0 Å². The maximum atomic E-state index is 11.5. The molecule has 5 aromatic carbocycles. The van der Waals surface area contributed by atoms with Crippen LogP contribution in [0.25, 0.3) is 0 Å². The second kappa shape index (κ2) is 15.3. The van der Waals surface area contributed by atoms with Crippen LogP contribution < -0.4 is 0 Å². The Balaban J connectivity index is 1.41. The zero-order valence-electron chi connectivity index (χ0n) is 26.9. The molecule has 0 aromatic heterocycles. The Hall–Kier alpha value is -5.02. The normalized spacial score (nSPS) is 11.9. The second-order valence-electron chi connectivity index (χ2n) is 12.2. The fourth-order valence-corrected chi connectivity index (χ4v) is 6.17. The molecule has 250 valence electrons. The van der Waals surface area contributed by atoms with Crippen LogP contribution in [-0.4, -0.2) is 40.9 Å². The zero-order chi connectivity index (χ0) is 34.4. The van der Waals surface area contributed by atoms with Gasteiger partial charge in [0.05, 0.1) is 19.3 Å². The van der Waals surface area contributed by atoms with Crippen molar-refractivity contribution in [1.29, 1.82) is 0 Å². The van der Waals surface area contributed by atoms with Gasteiger partial charge in [-0.2, -0.15) is 0 Å². The third-order valence-corrected chi connectivity index (χ3v) is 9.02. The highest BCUT2D eigenvalue weighted by Gasteiger charge is 2.19. The maximum Gasteiger partial charge on any atom is 0.124 e. The van der Waals surface area contributed by atoms with Crippen molar-refractivity contribution in [2.45, 2.75) is 64.8 Å². The molecular formula is C40H42O8. The van der Waals surface area contributed by atoms with Crippen LogP contribution in [0.15, 0.2) is 84.9 Å². The third kappa shape index (κ3) is 7.42. The van der Waals surface area contributed by atoms with Crippen LogP contribution in [0.3, 0.4) is 0 Å². The number of aromatic hydroxyl groups is 5. The van der Waals surface area contributed by atoms with Gasteiger partial charge in [-0.15, -0.1) is 0 Å². The fraction of sp³-hybridized carbons (Fsp3) is 0.250. The van der Waals surface area contributed by atoms with E-state index >= 15 is 0 Å². The van der Waals surface area contributed by atoms with Crippen molar-refractivity contribution in [1.82, 2.24) is 0 Å². The van der Waals surface area contributed by atoms with Crippen molar-refractivity contribution in [2.75, 3.05) is 0 Å². The Morgan fingerprint density at radius 1 is 0.438 bits per heavy atom. The van der Waals surface area contributed by atoms with Crippen molar-refractivity contribution < 1.29 is 40.9 Å². The van der Waals surface area contributed by atoms with Gasteiger partial charge in [-0.3, -0.25) is 0 Å². The first-order valence-corrected chi connectivity index (χ1v) is 16.1. The molecule has 1 unspecified atom stereocenters. The van der Waals surface area contributed by atoms with Crippen LogP contribution in [0.4, 0.5) is 0 Å². The molecule has 48 heavy (non-hydrogen) atoms. The summed E-state index contributed by atoms with van der Waals surface area (Å²) in [6.07, 6.45) is 1.14. The van der Waals surface area contributed by atoms with Gasteiger partial charge in [0.25, 0.3) is 0 Å². The van der Waals surface area contributed by atoms with Gasteiger partial charge in [0, 0.05) is 30.4 Å². The van der Waals surface area contributed by atoms with E-state index in [2.05, 4.69) is 0 Å². The lowest BCUT2D eigenvalue weighted by atomic mass is 9.91. The quantitative estimate of drug-likeness (QED) is 0.0747. The minimum Gasteiger partial charge on any atom is -0.507 e. The molecule has 0 saturated carbocycles. The van der Waals surface area contributed by atoms with E-state index in [0.29, 0.717) is 80.5 Å². The van der Waals surface area contributed by atoms with Gasteiger partial charge in [0.15, 0.2) is 0 Å². The zero-order valence-corrected chi connectivity index (χ0v) is 26.9. The molecule has 0 aliphatic carbocycles. The number of phenols is 5. The summed E-state index contributed by atoms with van der Waals surface area (Å²) < 4.78 is 0. The number of aliphatic hydroxyl groups excluding tert-OH is 3. The van der Waals surface area contributed by atoms with Gasteiger partial charge in [0.1, 0.15) is 28.7 Å². The van der Waals surface area contributed by atoms with Crippen LogP contribution in [0.2, 0.25) is 0 Å². The SMILES string of the molecule is CCC(O)c1cc(CCc2cccc(Cc3cccc(CO)c3O)c2O)c(O)c(Cc2cccc(Cc3cccc(CO)c3O)c2O)c1. The van der Waals surface area contributed by atoms with Crippen molar-refractivity contribution in [3.05, 3.63) is 146 Å². The molecule has 0 aliphatic heterocycles. The maximum absolute atomic E-state index is 11.5. The van der Waals surface area contributed by atoms with Crippen molar-refractivity contribution >= 4 is 0 Å². The third-order valence-electron chi connectivity index (χ3n) is 9.02. The van der Waals surface area contributed by atoms with Gasteiger partial charge in [0.2, 0.25) is 0 Å². The molecule has 1 atom stereocenters. The average molecular weight is 651 g/mol. The molecule has 5 rings (SSSR count). The molecule has 0 spiro atoms. The summed E-state index contributed by atoms with van der Waals surface area (Å²) in [5, 5.41) is 84.8. The number of phenolic OH excluding ortho intramolecular Hbond substituents is 3. The van der Waals surface area contributed by atoms with Crippen molar-refractivity contribution in [3.63, 3.8) is 0 Å². The van der Waals surface area contributed by atoms with E-state index < -0.39 is 6.10 Å². The number of aryl methyl sites for hydroxylation is 2. The van der Waals surface area contributed by atoms with Crippen LogP contribution in [0.5, 0.6) is 28.7 Å². The number of hydrogen-bond donors (Lipinski definition) is 8. The minimum atomic E-state index is -0.760. The molecule has 8 N–H and O–H groups in total. The molecule has 0 aliphatic rings. The van der Waals surface area contributed by atoms with E-state index in [1.165, 1.54) is 0 Å². The van der Waals surface area contributed by atoms with E-state index in [0.717, 1.165) is 0 Å². The molecular weight excluding hydrogens is 608 g/mol. The highest BCUT2D eigenvalue weighted by atomic mass is 16.3. The van der Waals surface area contributed by atoms with Crippen molar-refractivity contribution in [3.8, 4) is 28.7 Å². The average Bonchev–Trinajstić information content (AvgIpc) is 3.09. The van der Waals surface area contributed by atoms with Gasteiger partial charge < -0.3 is 40.9 Å². The first-order chi connectivity index (χ1) is 23.1. The molecule has 5 aromatic rings. The highest BCUT2D eigenvalue weighted by molar-refractivity contribution is 5.53. The Morgan fingerprint density at radius 2 is 0.750 bits per heavy atom. The number of aliphatic hydroxyl groups is 3. The molecule has 0 bridgehead atoms. The fourth-order valence-electron chi connectivity index (χ4n) is 6.17. The Labute approximate surface area is 280 Å². The van der Waals surface area contributed by atoms with Crippen LogP contribution in [-0.2, 0) is 45.3 Å². The van der Waals surface area contributed by atoms with E-state index in [1.807, 2.05) is 19.1 Å². The summed E-state index contributed by atoms with van der Waals surface area (Å²) in [6.45, 7) is 1.27. The largest absolute Gasteiger partial charge is 0.507 e. The smallest absolute Gasteiger partial charge is 0.124 e. The summed E-state index contributed by atoms with van der Waals surface area (Å²) in [4.78, 5) is 0. The van der Waals surface area contributed by atoms with Crippen LogP contribution in [0.1, 0.15) is 80.6 Å². The van der Waals surface area contributed by atoms with Crippen LogP contribution in [0, 0.1) is 0 Å². The molecule has 0 saturated heterocycles. The molecule has 0 heterocycles. The van der Waals surface area contributed by atoms with E-state index in [9.17, 15) is 40.9 Å². The lowest BCUT2D eigenvalue weighted by Crippen LogP contribution is -2.03. The Morgan fingerprint density at radius 3 is 1.19 bits per heavy atom. The van der Waals surface area contributed by atoms with Gasteiger partial charge in [-0.1, -0.05) is 79.7 Å². The summed E-state index contributed by atoms with van der Waals surface area (Å²) in [5.74, 6) is 0.152. The lowest BCUT2D eigenvalue weighted by Gasteiger charge is -2.18. The summed E-state index contributed by atoms with van der Waals surface area (Å²) >= 11 is 0. The number of hydrogen-bond acceptors (Lipinski definition) is 8. The summed E-state index contributed by atoms with van der Waals surface area (Å²) in [7, 11) is 0. The van der Waals surface area contributed by atoms with Crippen molar-refractivity contribution in [2.24, 2.45) is 0 Å². The van der Waals surface area contributed by atoms with E-state index in [-0.39, 0.29) is 61.2 Å². The standard InChI is InChI=1S/C40H42O8/c1-2-35(43)33-19-30(16-15-24-7-3-8-25(36(24)44)17-27-11-5-13-31(22-41)38(27)46)40(48)34(21-33)20-29-10-4-9-26(37(29)45)18-28-12-6-14-32(23-42)39(28)47/h3-14,19,21,35,41-48H,2,15-18,20,22-23H2,1H3. The summed E-state index contributed by atoms with van der Waals surface area (Å²) in [5.41, 5.74) is 6.14. The monoisotopic (exact) mass is 650 g/mol. The predicted molar refractivity (Wildman–Crippen MR) is 183 cm³/mol. The molecule has 0 amide bonds. The number of rotatable bonds is 13. The first kappa shape index (κ1) is 34.3. The van der Waals surface area contributed by atoms with Gasteiger partial charge >= 0.3 is 0 Å². The predicted octanol–water partition coefficient (Wildman–Crippen LogP) is 6.20. The number of para-hydroxylation sites is 4. The molecule has 8 nitrogen and oxygen atoms in total. The van der Waals surface area contributed by atoms with E-state index in [1.54, 1.807) is 72.8 Å². The lowest BCUT2D eigenvalue weighted by molar-refractivity contribution is 0.173. The van der Waals surface area contributed by atoms with E-state index in [4.69, 9.17) is 0 Å². The topological polar surface area (TPSA) is 162 Å². The Bertz CT molecular complexity index is 1900. The molecule has 0 fully saturated rings. The summed E-state index contributed by atoms with van der Waals surface area (Å²) in [6, 6.07) is 24.5. The second-order valence-corrected chi connectivity index (χ2v) is 12.2. The highest BCUT2D eigenvalue weighted by Crippen LogP contribution is 2.36. The minimum absolute atomic E-state index is 0.000766. The number of benzene rings is 5. The molecule has 8 heteroatoms. The van der Waals surface area contributed by atoms with Crippen LogP contribution >= 0.6 is 0 Å². The first-order valence-electron chi connectivity index (χ1n) is 16.1. The van der Waals surface area contributed by atoms with Gasteiger partial charge in [-0.05, 0) is 81.5 Å². The molecule has 0 radical (unpaired) electrons. The Kier molecular flexibility index (Phi) is 10.9.